The second kappa shape index (κ2) is 11.6. The highest BCUT2D eigenvalue weighted by molar-refractivity contribution is 6.21. The molecule has 5 heteroatoms. The minimum atomic E-state index is 0.0772. The van der Waals surface area contributed by atoms with Gasteiger partial charge in [-0.2, -0.15) is 4.58 Å². The molecule has 0 bridgehead atoms. The van der Waals surface area contributed by atoms with Crippen LogP contribution in [0, 0.1) is 0 Å². The van der Waals surface area contributed by atoms with Crippen molar-refractivity contribution in [3.63, 3.8) is 0 Å². The van der Waals surface area contributed by atoms with E-state index in [1.165, 1.54) is 28.1 Å². The van der Waals surface area contributed by atoms with E-state index in [4.69, 9.17) is 15.0 Å². The van der Waals surface area contributed by atoms with Crippen molar-refractivity contribution in [2.45, 2.75) is 18.4 Å². The Morgan fingerprint density at radius 3 is 1.98 bits per heavy atom. The number of anilines is 2. The van der Waals surface area contributed by atoms with E-state index in [0.717, 1.165) is 40.2 Å². The second-order valence-electron chi connectivity index (χ2n) is 13.0. The van der Waals surface area contributed by atoms with Crippen LogP contribution in [0.4, 0.5) is 22.7 Å². The largest absolute Gasteiger partial charge is 0.318 e. The van der Waals surface area contributed by atoms with Crippen LogP contribution in [0.3, 0.4) is 0 Å². The summed E-state index contributed by atoms with van der Waals surface area (Å²) in [5.41, 5.74) is 12.6. The Morgan fingerprint density at radius 1 is 0.600 bits per heavy atom. The molecule has 0 amide bonds. The van der Waals surface area contributed by atoms with Gasteiger partial charge in [0.2, 0.25) is 17.1 Å². The van der Waals surface area contributed by atoms with Crippen LogP contribution >= 0.6 is 0 Å². The lowest BCUT2D eigenvalue weighted by Gasteiger charge is -2.33. The second-order valence-corrected chi connectivity index (χ2v) is 13.0. The Labute approximate surface area is 291 Å². The van der Waals surface area contributed by atoms with Crippen LogP contribution in [0.1, 0.15) is 23.5 Å². The molecule has 0 saturated heterocycles. The molecule has 50 heavy (non-hydrogen) atoms. The molecule has 6 aromatic rings. The first-order valence-corrected chi connectivity index (χ1v) is 17.2. The molecule has 1 aromatic heterocycles. The lowest BCUT2D eigenvalue weighted by atomic mass is 9.91. The highest BCUT2D eigenvalue weighted by Gasteiger charge is 2.48. The van der Waals surface area contributed by atoms with Crippen molar-refractivity contribution in [1.82, 2.24) is 19.5 Å². The normalized spacial score (nSPS) is 18.1. The van der Waals surface area contributed by atoms with Crippen molar-refractivity contribution < 1.29 is 0 Å². The molecule has 2 aliphatic heterocycles. The zero-order chi connectivity index (χ0) is 33.0. The third-order valence-electron chi connectivity index (χ3n) is 10.1. The Morgan fingerprint density at radius 2 is 1.28 bits per heavy atom. The Balaban J connectivity index is 1.18. The molecule has 2 unspecified atom stereocenters. The van der Waals surface area contributed by atoms with Crippen LogP contribution in [0.2, 0.25) is 0 Å². The molecule has 10 rings (SSSR count). The molecule has 0 fully saturated rings. The molecule has 0 spiro atoms. The number of hydrogen-bond acceptors (Lipinski definition) is 4. The summed E-state index contributed by atoms with van der Waals surface area (Å²) in [6.07, 6.45) is 16.6. The Bertz CT molecular complexity index is 2400. The lowest BCUT2D eigenvalue weighted by molar-refractivity contribution is 0.852. The number of rotatable bonds is 5. The maximum atomic E-state index is 5.08. The van der Waals surface area contributed by atoms with E-state index in [-0.39, 0.29) is 6.04 Å². The lowest BCUT2D eigenvalue weighted by Crippen LogP contribution is -2.43. The van der Waals surface area contributed by atoms with Gasteiger partial charge in [-0.15, -0.1) is 0 Å². The van der Waals surface area contributed by atoms with E-state index < -0.39 is 0 Å². The summed E-state index contributed by atoms with van der Waals surface area (Å²) >= 11 is 0. The molecule has 0 saturated carbocycles. The minimum Gasteiger partial charge on any atom is -0.318 e. The fourth-order valence-corrected chi connectivity index (χ4v) is 7.74. The van der Waals surface area contributed by atoms with Crippen molar-refractivity contribution >= 4 is 34.0 Å². The summed E-state index contributed by atoms with van der Waals surface area (Å²) in [6, 6.07) is 44.9. The summed E-state index contributed by atoms with van der Waals surface area (Å²) in [5, 5.41) is 0. The van der Waals surface area contributed by atoms with Gasteiger partial charge in [0.15, 0.2) is 17.5 Å². The topological polar surface area (TPSA) is 44.9 Å². The first kappa shape index (κ1) is 28.5. The van der Waals surface area contributed by atoms with Gasteiger partial charge in [0, 0.05) is 52.4 Å². The van der Waals surface area contributed by atoms with Gasteiger partial charge in [-0.3, -0.25) is 0 Å². The summed E-state index contributed by atoms with van der Waals surface area (Å²) in [7, 11) is 0. The van der Waals surface area contributed by atoms with Gasteiger partial charge in [-0.1, -0.05) is 127 Å². The molecule has 0 N–H and O–H groups in total. The minimum absolute atomic E-state index is 0.0772. The van der Waals surface area contributed by atoms with Crippen LogP contribution < -0.4 is 9.48 Å². The molecule has 2 aliphatic carbocycles. The SMILES string of the molecule is C1=CCC(c2ccc([N+]3=C4C=CC=C5c6ccccc6N(c6ccc(-c7nc(-c8ccccc8)nc(-c8ccccc8)n7)cc63)C54)cc2)C=C1. The highest BCUT2D eigenvalue weighted by atomic mass is 15.3. The van der Waals surface area contributed by atoms with Crippen LogP contribution in [-0.4, -0.2) is 26.7 Å². The van der Waals surface area contributed by atoms with Crippen LogP contribution in [0.15, 0.2) is 170 Å². The van der Waals surface area contributed by atoms with Crippen LogP contribution in [0.5, 0.6) is 0 Å². The Hall–Kier alpha value is -6.46. The van der Waals surface area contributed by atoms with Gasteiger partial charge in [0.05, 0.1) is 5.69 Å². The van der Waals surface area contributed by atoms with Gasteiger partial charge in [0.25, 0.3) is 0 Å². The van der Waals surface area contributed by atoms with Crippen molar-refractivity contribution in [2.75, 3.05) is 4.90 Å². The molecule has 5 aromatic carbocycles. The molecular weight excluding hydrogens is 611 g/mol. The van der Waals surface area contributed by atoms with E-state index in [2.05, 4.69) is 119 Å². The highest BCUT2D eigenvalue weighted by Crippen LogP contribution is 2.52. The number of fused-ring (bicyclic) bond motifs is 5. The van der Waals surface area contributed by atoms with Crippen molar-refractivity contribution in [3.05, 3.63) is 181 Å². The molecule has 0 radical (unpaired) electrons. The maximum Gasteiger partial charge on any atom is 0.236 e. The Kier molecular flexibility index (Phi) is 6.62. The van der Waals surface area contributed by atoms with Crippen molar-refractivity contribution in [2.24, 2.45) is 0 Å². The van der Waals surface area contributed by atoms with Gasteiger partial charge in [-0.25, -0.2) is 15.0 Å². The average molecular weight is 643 g/mol. The van der Waals surface area contributed by atoms with E-state index in [9.17, 15) is 0 Å². The van der Waals surface area contributed by atoms with Crippen molar-refractivity contribution in [1.29, 1.82) is 0 Å². The summed E-state index contributed by atoms with van der Waals surface area (Å²) in [4.78, 5) is 17.6. The number of para-hydroxylation sites is 1. The fourth-order valence-electron chi connectivity index (χ4n) is 7.74. The average Bonchev–Trinajstić information content (AvgIpc) is 3.54. The number of allylic oxidation sites excluding steroid dienone is 6. The first-order valence-electron chi connectivity index (χ1n) is 17.2. The van der Waals surface area contributed by atoms with Crippen LogP contribution in [-0.2, 0) is 0 Å². The number of hydrogen-bond donors (Lipinski definition) is 0. The number of benzene rings is 5. The van der Waals surface area contributed by atoms with Crippen molar-refractivity contribution in [3.8, 4) is 34.2 Å². The smallest absolute Gasteiger partial charge is 0.236 e. The van der Waals surface area contributed by atoms with E-state index >= 15 is 0 Å². The molecule has 2 atom stereocenters. The molecule has 4 aliphatic rings. The monoisotopic (exact) mass is 642 g/mol. The summed E-state index contributed by atoms with van der Waals surface area (Å²) in [6.45, 7) is 0. The molecule has 236 valence electrons. The fraction of sp³-hybridized carbons (Fsp3) is 0.0667. The number of nitrogens with zero attached hydrogens (tertiary/aromatic N) is 5. The van der Waals surface area contributed by atoms with Gasteiger partial charge in [-0.05, 0) is 35.8 Å². The standard InChI is InChI=1S/C45H32N5/c1-4-13-30(14-5-1)31-23-26-35(27-24-31)49-40-22-12-20-37-36-19-10-11-21-38(36)50(42(37)40)39-28-25-34(29-41(39)49)45-47-43(32-15-6-2-7-16-32)46-44(48-45)33-17-8-3-9-18-33/h1-13,15-30,42H,14H2/q+1. The molecule has 3 heterocycles. The van der Waals surface area contributed by atoms with Gasteiger partial charge < -0.3 is 4.90 Å². The van der Waals surface area contributed by atoms with E-state index in [0.29, 0.717) is 23.4 Å². The predicted molar refractivity (Wildman–Crippen MR) is 204 cm³/mol. The molecular formula is C45H32N5+. The predicted octanol–water partition coefficient (Wildman–Crippen LogP) is 10.2. The first-order chi connectivity index (χ1) is 24.8. The molecule has 5 nitrogen and oxygen atoms in total. The third-order valence-corrected chi connectivity index (χ3v) is 10.1. The third kappa shape index (κ3) is 4.62. The quantitative estimate of drug-likeness (QED) is 0.176. The van der Waals surface area contributed by atoms with E-state index in [1.54, 1.807) is 0 Å². The van der Waals surface area contributed by atoms with Gasteiger partial charge in [0.1, 0.15) is 11.7 Å². The summed E-state index contributed by atoms with van der Waals surface area (Å²) in [5.74, 6) is 2.34. The zero-order valence-electron chi connectivity index (χ0n) is 27.3. The van der Waals surface area contributed by atoms with E-state index in [1.807, 2.05) is 60.7 Å². The summed E-state index contributed by atoms with van der Waals surface area (Å²) < 4.78 is 2.44. The number of aromatic nitrogens is 3. The zero-order valence-corrected chi connectivity index (χ0v) is 27.3. The van der Waals surface area contributed by atoms with Crippen LogP contribution in [0.25, 0.3) is 39.7 Å². The van der Waals surface area contributed by atoms with Gasteiger partial charge >= 0.3 is 0 Å². The maximum absolute atomic E-state index is 5.08.